The zero-order valence-electron chi connectivity index (χ0n) is 22.9. The van der Waals surface area contributed by atoms with Crippen LogP contribution in [0.5, 0.6) is 0 Å². The highest BCUT2D eigenvalue weighted by molar-refractivity contribution is 5.89. The van der Waals surface area contributed by atoms with Crippen molar-refractivity contribution in [3.05, 3.63) is 35.4 Å². The van der Waals surface area contributed by atoms with E-state index in [4.69, 9.17) is 4.74 Å². The van der Waals surface area contributed by atoms with Crippen LogP contribution in [-0.4, -0.2) is 81.5 Å². The maximum absolute atomic E-state index is 13.7. The first-order valence-corrected chi connectivity index (χ1v) is 13.6. The number of ether oxygens (including phenoxy) is 1. The largest absolute Gasteiger partial charge is 0.444 e. The zero-order valence-corrected chi connectivity index (χ0v) is 22.9. The maximum atomic E-state index is 13.7. The molecule has 1 N–H and O–H groups in total. The molecule has 0 radical (unpaired) electrons. The average Bonchev–Trinajstić information content (AvgIpc) is 3.18. The number of fused-ring (bicyclic) bond motifs is 3. The number of alkyl halides is 3. The van der Waals surface area contributed by atoms with E-state index in [1.165, 1.54) is 23.1 Å². The van der Waals surface area contributed by atoms with E-state index in [1.807, 2.05) is 4.90 Å². The molecule has 9 nitrogen and oxygen atoms in total. The molecule has 3 amide bonds. The number of benzene rings is 1. The van der Waals surface area contributed by atoms with Gasteiger partial charge in [0.2, 0.25) is 11.8 Å². The van der Waals surface area contributed by atoms with Gasteiger partial charge in [0.1, 0.15) is 17.7 Å². The summed E-state index contributed by atoms with van der Waals surface area (Å²) in [4.78, 5) is 44.8. The van der Waals surface area contributed by atoms with Gasteiger partial charge in [-0.15, -0.1) is 0 Å². The number of nitriles is 1. The van der Waals surface area contributed by atoms with Crippen molar-refractivity contribution in [3.8, 4) is 6.07 Å². The number of carbonyl (C=O) groups is 3. The van der Waals surface area contributed by atoms with Gasteiger partial charge in [0, 0.05) is 25.2 Å². The summed E-state index contributed by atoms with van der Waals surface area (Å²) in [5, 5.41) is 12.3. The van der Waals surface area contributed by atoms with Crippen molar-refractivity contribution in [3.63, 3.8) is 0 Å². The standard InChI is InChI=1S/C28H34F3N5O4/c1-15(19-7-5-6-8-20(19)28(29,30)31)35-18-11-23(25(35)38)34(13-18)14-21(33-26(39)40-27(2,3)4)24(37)36-17(12-32)9-16-10-22(16)36/h5-8,15-18,21-23H,9-11,13-14H2,1-4H3,(H,33,39)/t15-,16+,17-,18?,21-,22-,23+/m0/s1. The Hall–Kier alpha value is -3.33. The van der Waals surface area contributed by atoms with Gasteiger partial charge >= 0.3 is 12.3 Å². The van der Waals surface area contributed by atoms with Crippen LogP contribution in [0.2, 0.25) is 0 Å². The molecule has 1 unspecified atom stereocenters. The zero-order chi connectivity index (χ0) is 29.1. The first-order valence-electron chi connectivity index (χ1n) is 13.6. The summed E-state index contributed by atoms with van der Waals surface area (Å²) < 4.78 is 46.4. The molecule has 7 atom stereocenters. The lowest BCUT2D eigenvalue weighted by molar-refractivity contribution is -0.144. The molecular formula is C28H34F3N5O4. The molecule has 1 aromatic rings. The van der Waals surface area contributed by atoms with Gasteiger partial charge in [0.05, 0.1) is 23.7 Å². The van der Waals surface area contributed by atoms with E-state index in [9.17, 15) is 32.8 Å². The normalized spacial score (nSPS) is 29.1. The molecule has 3 heterocycles. The van der Waals surface area contributed by atoms with Crippen LogP contribution in [0.15, 0.2) is 24.3 Å². The van der Waals surface area contributed by atoms with Crippen LogP contribution in [0.3, 0.4) is 0 Å². The first kappa shape index (κ1) is 28.2. The summed E-state index contributed by atoms with van der Waals surface area (Å²) >= 11 is 0. The predicted octanol–water partition coefficient (Wildman–Crippen LogP) is 3.46. The van der Waals surface area contributed by atoms with Gasteiger partial charge in [-0.1, -0.05) is 18.2 Å². The number of halogens is 3. The van der Waals surface area contributed by atoms with Gasteiger partial charge < -0.3 is 19.9 Å². The van der Waals surface area contributed by atoms with Crippen molar-refractivity contribution in [2.45, 2.75) is 95.0 Å². The molecule has 0 spiro atoms. The van der Waals surface area contributed by atoms with Crippen molar-refractivity contribution >= 4 is 17.9 Å². The van der Waals surface area contributed by atoms with Crippen molar-refractivity contribution in [1.82, 2.24) is 20.0 Å². The second-order valence-electron chi connectivity index (χ2n) is 12.3. The van der Waals surface area contributed by atoms with Crippen LogP contribution in [-0.2, 0) is 20.5 Å². The van der Waals surface area contributed by atoms with Crippen LogP contribution in [0.1, 0.15) is 64.1 Å². The van der Waals surface area contributed by atoms with Crippen LogP contribution in [0.25, 0.3) is 0 Å². The maximum Gasteiger partial charge on any atom is 0.416 e. The Labute approximate surface area is 231 Å². The SMILES string of the molecule is C[C@@H](c1ccccc1C(F)(F)F)N1C(=O)[C@H]2CC1CN2C[C@H](NC(=O)OC(C)(C)C)C(=O)N1[C@H](C#N)C[C@@H]2C[C@@H]21. The molecule has 4 fully saturated rings. The fraction of sp³-hybridized carbons (Fsp3) is 0.643. The third-order valence-electron chi connectivity index (χ3n) is 8.36. The Morgan fingerprint density at radius 1 is 1.18 bits per heavy atom. The number of hydrogen-bond acceptors (Lipinski definition) is 6. The molecule has 0 aromatic heterocycles. The third-order valence-corrected chi connectivity index (χ3v) is 8.36. The predicted molar refractivity (Wildman–Crippen MR) is 136 cm³/mol. The van der Waals surface area contributed by atoms with Crippen molar-refractivity contribution < 1.29 is 32.3 Å². The highest BCUT2D eigenvalue weighted by Crippen LogP contribution is 2.48. The molecule has 1 aliphatic carbocycles. The first-order chi connectivity index (χ1) is 18.7. The van der Waals surface area contributed by atoms with Gasteiger partial charge in [0.25, 0.3) is 0 Å². The molecule has 3 aliphatic heterocycles. The average molecular weight is 562 g/mol. The molecule has 1 saturated carbocycles. The molecule has 2 bridgehead atoms. The van der Waals surface area contributed by atoms with E-state index < -0.39 is 47.6 Å². The Morgan fingerprint density at radius 2 is 1.88 bits per heavy atom. The number of nitrogens with one attached hydrogen (secondary N) is 1. The number of amides is 3. The fourth-order valence-corrected chi connectivity index (χ4v) is 6.61. The van der Waals surface area contributed by atoms with Gasteiger partial charge in [-0.2, -0.15) is 18.4 Å². The molecular weight excluding hydrogens is 527 g/mol. The minimum absolute atomic E-state index is 0.0261. The third kappa shape index (κ3) is 5.23. The molecule has 216 valence electrons. The monoisotopic (exact) mass is 561 g/mol. The highest BCUT2D eigenvalue weighted by Gasteiger charge is 2.57. The number of carbonyl (C=O) groups excluding carboxylic acids is 3. The molecule has 40 heavy (non-hydrogen) atoms. The van der Waals surface area contributed by atoms with Crippen LogP contribution in [0.4, 0.5) is 18.0 Å². The van der Waals surface area contributed by atoms with Gasteiger partial charge in [0.15, 0.2) is 0 Å². The molecule has 4 aliphatic rings. The molecule has 1 aromatic carbocycles. The summed E-state index contributed by atoms with van der Waals surface area (Å²) in [5.74, 6) is -0.403. The molecule has 5 rings (SSSR count). The summed E-state index contributed by atoms with van der Waals surface area (Å²) in [6, 6.07) is 4.08. The number of piperidine rings is 1. The minimum atomic E-state index is -4.54. The Morgan fingerprint density at radius 3 is 2.50 bits per heavy atom. The fourth-order valence-electron chi connectivity index (χ4n) is 6.61. The Bertz CT molecular complexity index is 1240. The van der Waals surface area contributed by atoms with E-state index >= 15 is 0 Å². The quantitative estimate of drug-likeness (QED) is 0.571. The summed E-state index contributed by atoms with van der Waals surface area (Å²) in [6.45, 7) is 7.09. The Kier molecular flexibility index (Phi) is 7.01. The lowest BCUT2D eigenvalue weighted by Gasteiger charge is -2.39. The Balaban J connectivity index is 1.33. The van der Waals surface area contributed by atoms with E-state index in [0.29, 0.717) is 19.4 Å². The lowest BCUT2D eigenvalue weighted by atomic mass is 9.99. The van der Waals surface area contributed by atoms with E-state index in [2.05, 4.69) is 11.4 Å². The summed E-state index contributed by atoms with van der Waals surface area (Å²) in [6.07, 6.45) is -3.48. The van der Waals surface area contributed by atoms with Gasteiger partial charge in [-0.25, -0.2) is 4.79 Å². The number of hydrogen-bond donors (Lipinski definition) is 1. The van der Waals surface area contributed by atoms with Crippen LogP contribution >= 0.6 is 0 Å². The van der Waals surface area contributed by atoms with E-state index in [0.717, 1.165) is 12.5 Å². The lowest BCUT2D eigenvalue weighted by Crippen LogP contribution is -2.59. The number of piperazine rings is 1. The van der Waals surface area contributed by atoms with E-state index in [1.54, 1.807) is 32.6 Å². The van der Waals surface area contributed by atoms with E-state index in [-0.39, 0.29) is 41.9 Å². The molecule has 12 heteroatoms. The van der Waals surface area contributed by atoms with Gasteiger partial charge in [-0.05, 0) is 64.5 Å². The topological polar surface area (TPSA) is 106 Å². The van der Waals surface area contributed by atoms with Crippen LogP contribution in [0, 0.1) is 17.2 Å². The number of rotatable bonds is 6. The minimum Gasteiger partial charge on any atom is -0.444 e. The van der Waals surface area contributed by atoms with Gasteiger partial charge in [-0.3, -0.25) is 14.5 Å². The second kappa shape index (κ2) is 9.94. The summed E-state index contributed by atoms with van der Waals surface area (Å²) in [7, 11) is 0. The number of nitrogens with zero attached hydrogens (tertiary/aromatic N) is 4. The molecule has 3 saturated heterocycles. The van der Waals surface area contributed by atoms with Crippen molar-refractivity contribution in [1.29, 1.82) is 5.26 Å². The van der Waals surface area contributed by atoms with Crippen LogP contribution < -0.4 is 5.32 Å². The highest BCUT2D eigenvalue weighted by atomic mass is 19.4. The van der Waals surface area contributed by atoms with Crippen molar-refractivity contribution in [2.24, 2.45) is 5.92 Å². The number of alkyl carbamates (subject to hydrolysis) is 1. The number of likely N-dealkylation sites (tertiary alicyclic amines) is 3. The summed E-state index contributed by atoms with van der Waals surface area (Å²) in [5.41, 5.74) is -1.52. The van der Waals surface area contributed by atoms with Crippen molar-refractivity contribution in [2.75, 3.05) is 13.1 Å². The second-order valence-corrected chi connectivity index (χ2v) is 12.3. The smallest absolute Gasteiger partial charge is 0.416 e.